The monoisotopic (exact) mass is 284 g/mol. The van der Waals surface area contributed by atoms with Crippen LogP contribution in [0.4, 0.5) is 5.69 Å². The lowest BCUT2D eigenvalue weighted by molar-refractivity contribution is 0.304. The second-order valence-corrected chi connectivity index (χ2v) is 7.24. The van der Waals surface area contributed by atoms with Gasteiger partial charge >= 0.3 is 0 Å². The van der Waals surface area contributed by atoms with Crippen molar-refractivity contribution in [1.82, 2.24) is 4.90 Å². The van der Waals surface area contributed by atoms with Gasteiger partial charge in [0.2, 0.25) is 0 Å². The van der Waals surface area contributed by atoms with Crippen LogP contribution in [0.25, 0.3) is 0 Å². The van der Waals surface area contributed by atoms with Gasteiger partial charge in [-0.25, -0.2) is 8.42 Å². The molecule has 0 aromatic heterocycles. The second kappa shape index (κ2) is 5.38. The van der Waals surface area contributed by atoms with E-state index in [2.05, 4.69) is 5.32 Å². The normalized spacial score (nSPS) is 25.5. The quantitative estimate of drug-likeness (QED) is 0.887. The van der Waals surface area contributed by atoms with E-state index in [0.29, 0.717) is 0 Å². The lowest BCUT2D eigenvalue weighted by Gasteiger charge is -2.26. The van der Waals surface area contributed by atoms with Crippen molar-refractivity contribution in [3.63, 3.8) is 0 Å². The molecular weight excluding hydrogens is 264 g/mol. The van der Waals surface area contributed by atoms with Crippen LogP contribution in [0.5, 0.6) is 5.75 Å². The van der Waals surface area contributed by atoms with Crippen molar-refractivity contribution in [2.45, 2.75) is 12.1 Å². The van der Waals surface area contributed by atoms with Crippen LogP contribution in [0.3, 0.4) is 0 Å². The molecule has 5 nitrogen and oxygen atoms in total. The van der Waals surface area contributed by atoms with E-state index in [1.807, 2.05) is 43.3 Å². The first-order valence-electron chi connectivity index (χ1n) is 6.19. The number of ether oxygens (including phenoxy) is 1. The van der Waals surface area contributed by atoms with Crippen LogP contribution in [0.1, 0.15) is 0 Å². The first kappa shape index (κ1) is 14.1. The topological polar surface area (TPSA) is 58.6 Å². The Hall–Kier alpha value is -1.27. The summed E-state index contributed by atoms with van der Waals surface area (Å²) in [5, 5.41) is 3.30. The highest BCUT2D eigenvalue weighted by Gasteiger charge is 2.38. The van der Waals surface area contributed by atoms with E-state index >= 15 is 0 Å². The van der Waals surface area contributed by atoms with Crippen molar-refractivity contribution in [2.24, 2.45) is 0 Å². The van der Waals surface area contributed by atoms with Crippen LogP contribution in [0, 0.1) is 0 Å². The summed E-state index contributed by atoms with van der Waals surface area (Å²) in [5.74, 6) is 1.18. The highest BCUT2D eigenvalue weighted by molar-refractivity contribution is 7.91. The van der Waals surface area contributed by atoms with Crippen LogP contribution in [0.15, 0.2) is 24.3 Å². The Morgan fingerprint density at radius 1 is 1.21 bits per heavy atom. The molecule has 1 aromatic carbocycles. The molecule has 1 N–H and O–H groups in total. The van der Waals surface area contributed by atoms with Gasteiger partial charge in [0.15, 0.2) is 9.84 Å². The molecule has 0 radical (unpaired) electrons. The molecule has 2 rings (SSSR count). The molecule has 0 bridgehead atoms. The van der Waals surface area contributed by atoms with E-state index < -0.39 is 9.84 Å². The third kappa shape index (κ3) is 3.39. The van der Waals surface area contributed by atoms with Gasteiger partial charge in [0.1, 0.15) is 5.75 Å². The van der Waals surface area contributed by atoms with Crippen molar-refractivity contribution in [3.05, 3.63) is 24.3 Å². The predicted octanol–water partition coefficient (Wildman–Crippen LogP) is 0.834. The van der Waals surface area contributed by atoms with Gasteiger partial charge in [-0.1, -0.05) is 0 Å². The van der Waals surface area contributed by atoms with Gasteiger partial charge in [0.25, 0.3) is 0 Å². The Morgan fingerprint density at radius 2 is 1.84 bits per heavy atom. The Bertz CT molecular complexity index is 525. The fourth-order valence-electron chi connectivity index (χ4n) is 2.38. The summed E-state index contributed by atoms with van der Waals surface area (Å²) in [4.78, 5) is 1.96. The molecule has 2 atom stereocenters. The molecule has 106 valence electrons. The first-order valence-corrected chi connectivity index (χ1v) is 8.01. The summed E-state index contributed by atoms with van der Waals surface area (Å²) in [6.45, 7) is 0. The van der Waals surface area contributed by atoms with Crippen molar-refractivity contribution in [1.29, 1.82) is 0 Å². The number of nitrogens with one attached hydrogen (secondary N) is 1. The predicted molar refractivity (Wildman–Crippen MR) is 76.5 cm³/mol. The zero-order valence-corrected chi connectivity index (χ0v) is 12.3. The lowest BCUT2D eigenvalue weighted by atomic mass is 10.1. The number of benzene rings is 1. The van der Waals surface area contributed by atoms with E-state index in [9.17, 15) is 8.42 Å². The summed E-state index contributed by atoms with van der Waals surface area (Å²) in [7, 11) is 2.49. The number of methoxy groups -OCH3 is 1. The number of nitrogens with zero attached hydrogens (tertiary/aromatic N) is 1. The molecule has 1 aromatic rings. The lowest BCUT2D eigenvalue weighted by Crippen LogP contribution is -2.42. The molecule has 0 aliphatic carbocycles. The first-order chi connectivity index (χ1) is 8.91. The highest BCUT2D eigenvalue weighted by Crippen LogP contribution is 2.22. The van der Waals surface area contributed by atoms with E-state index in [0.717, 1.165) is 11.4 Å². The maximum Gasteiger partial charge on any atom is 0.153 e. The Kier molecular flexibility index (Phi) is 4.01. The minimum atomic E-state index is -2.95. The van der Waals surface area contributed by atoms with Gasteiger partial charge < -0.3 is 15.0 Å². The third-order valence-corrected chi connectivity index (χ3v) is 5.14. The molecule has 0 amide bonds. The van der Waals surface area contributed by atoms with E-state index in [-0.39, 0.29) is 23.6 Å². The minimum absolute atomic E-state index is 0.00658. The molecule has 0 spiro atoms. The molecule has 1 aliphatic rings. The summed E-state index contributed by atoms with van der Waals surface area (Å²) < 4.78 is 28.6. The van der Waals surface area contributed by atoms with Crippen LogP contribution < -0.4 is 10.1 Å². The molecule has 1 fully saturated rings. The van der Waals surface area contributed by atoms with E-state index in [1.54, 1.807) is 7.11 Å². The number of rotatable bonds is 4. The van der Waals surface area contributed by atoms with Gasteiger partial charge in [-0.05, 0) is 38.4 Å². The van der Waals surface area contributed by atoms with Crippen LogP contribution in [0.2, 0.25) is 0 Å². The Morgan fingerprint density at radius 3 is 2.37 bits per heavy atom. The second-order valence-electron chi connectivity index (χ2n) is 5.09. The molecular formula is C13H20N2O3S. The molecule has 1 saturated heterocycles. The van der Waals surface area contributed by atoms with Gasteiger partial charge in [0.05, 0.1) is 24.7 Å². The average molecular weight is 284 g/mol. The molecule has 0 saturated carbocycles. The van der Waals surface area contributed by atoms with Gasteiger partial charge in [-0.3, -0.25) is 0 Å². The van der Waals surface area contributed by atoms with Crippen molar-refractivity contribution >= 4 is 15.5 Å². The van der Waals surface area contributed by atoms with Crippen LogP contribution in [-0.2, 0) is 9.84 Å². The molecule has 1 aliphatic heterocycles. The fourth-order valence-corrected chi connectivity index (χ4v) is 4.42. The molecule has 2 unspecified atom stereocenters. The Balaban J connectivity index is 2.12. The van der Waals surface area contributed by atoms with Crippen molar-refractivity contribution in [2.75, 3.05) is 38.0 Å². The third-order valence-electron chi connectivity index (χ3n) is 3.43. The van der Waals surface area contributed by atoms with E-state index in [4.69, 9.17) is 4.74 Å². The number of likely N-dealkylation sites (N-methyl/N-ethyl adjacent to an activating group) is 1. The van der Waals surface area contributed by atoms with Gasteiger partial charge in [-0.2, -0.15) is 0 Å². The zero-order chi connectivity index (χ0) is 14.0. The summed E-state index contributed by atoms with van der Waals surface area (Å²) >= 11 is 0. The number of hydrogen-bond acceptors (Lipinski definition) is 5. The fraction of sp³-hybridized carbons (Fsp3) is 0.538. The smallest absolute Gasteiger partial charge is 0.153 e. The summed E-state index contributed by atoms with van der Waals surface area (Å²) in [5.41, 5.74) is 0.912. The molecule has 19 heavy (non-hydrogen) atoms. The van der Waals surface area contributed by atoms with Gasteiger partial charge in [-0.15, -0.1) is 0 Å². The summed E-state index contributed by atoms with van der Waals surface area (Å²) in [6, 6.07) is 7.44. The van der Waals surface area contributed by atoms with Crippen LogP contribution >= 0.6 is 0 Å². The number of anilines is 1. The minimum Gasteiger partial charge on any atom is -0.497 e. The van der Waals surface area contributed by atoms with Crippen molar-refractivity contribution < 1.29 is 13.2 Å². The van der Waals surface area contributed by atoms with Gasteiger partial charge in [0, 0.05) is 11.7 Å². The maximum absolute atomic E-state index is 11.8. The SMILES string of the molecule is COc1ccc(NC2CS(=O)(=O)CC2N(C)C)cc1. The van der Waals surface area contributed by atoms with E-state index in [1.165, 1.54) is 0 Å². The maximum atomic E-state index is 11.8. The zero-order valence-electron chi connectivity index (χ0n) is 11.5. The summed E-state index contributed by atoms with van der Waals surface area (Å²) in [6.07, 6.45) is 0. The highest BCUT2D eigenvalue weighted by atomic mass is 32.2. The molecule has 1 heterocycles. The number of hydrogen-bond donors (Lipinski definition) is 1. The van der Waals surface area contributed by atoms with Crippen LogP contribution in [-0.4, -0.2) is 58.1 Å². The van der Waals surface area contributed by atoms with Crippen molar-refractivity contribution in [3.8, 4) is 5.75 Å². The molecule has 6 heteroatoms. The Labute approximate surface area is 114 Å². The number of sulfone groups is 1. The largest absolute Gasteiger partial charge is 0.497 e. The standard InChI is InChI=1S/C13H20N2O3S/c1-15(2)13-9-19(16,17)8-12(13)14-10-4-6-11(18-3)7-5-10/h4-7,12-14H,8-9H2,1-3H3. The average Bonchev–Trinajstić information content (AvgIpc) is 2.65.